The van der Waals surface area contributed by atoms with E-state index < -0.39 is 32.6 Å². The van der Waals surface area contributed by atoms with Crippen molar-refractivity contribution in [1.82, 2.24) is 10.1 Å². The Labute approximate surface area is 205 Å². The van der Waals surface area contributed by atoms with Crippen LogP contribution in [0, 0.1) is 11.6 Å². The van der Waals surface area contributed by atoms with Gasteiger partial charge in [0, 0.05) is 16.5 Å². The highest BCUT2D eigenvalue weighted by Gasteiger charge is 2.33. The van der Waals surface area contributed by atoms with E-state index >= 15 is 0 Å². The molecule has 4 rings (SSSR count). The minimum atomic E-state index is -4.50. The van der Waals surface area contributed by atoms with Crippen LogP contribution in [-0.2, 0) is 10.0 Å². The second-order valence-electron chi connectivity index (χ2n) is 7.56. The maximum atomic E-state index is 14.3. The molecular formula is C23H19Cl2F2N3O3S. The van der Waals surface area contributed by atoms with Gasteiger partial charge in [0.25, 0.3) is 0 Å². The Morgan fingerprint density at radius 2 is 1.82 bits per heavy atom. The molecule has 0 amide bonds. The van der Waals surface area contributed by atoms with Crippen molar-refractivity contribution in [3.63, 3.8) is 0 Å². The maximum absolute atomic E-state index is 14.3. The first kappa shape index (κ1) is 24.4. The van der Waals surface area contributed by atoms with Gasteiger partial charge in [0.1, 0.15) is 22.3 Å². The average Bonchev–Trinajstić information content (AvgIpc) is 3.29. The smallest absolute Gasteiger partial charge is 0.244 e. The summed E-state index contributed by atoms with van der Waals surface area (Å²) in [6, 6.07) is 12.8. The zero-order valence-corrected chi connectivity index (χ0v) is 20.1. The van der Waals surface area contributed by atoms with E-state index in [4.69, 9.17) is 27.9 Å². The Morgan fingerprint density at radius 1 is 1.09 bits per heavy atom. The minimum absolute atomic E-state index is 0.190. The van der Waals surface area contributed by atoms with Gasteiger partial charge in [0.05, 0.1) is 24.9 Å². The van der Waals surface area contributed by atoms with E-state index in [0.717, 1.165) is 17.7 Å². The van der Waals surface area contributed by atoms with E-state index in [9.17, 15) is 17.2 Å². The molecule has 0 aromatic heterocycles. The third-order valence-electron chi connectivity index (χ3n) is 5.36. The molecule has 1 heterocycles. The maximum Gasteiger partial charge on any atom is 0.244 e. The second kappa shape index (κ2) is 9.87. The first-order valence-corrected chi connectivity index (χ1v) is 12.3. The molecule has 11 heteroatoms. The normalized spacial score (nSPS) is 16.6. The number of halogens is 4. The van der Waals surface area contributed by atoms with E-state index in [0.29, 0.717) is 34.5 Å². The summed E-state index contributed by atoms with van der Waals surface area (Å²) in [6.45, 7) is 0. The summed E-state index contributed by atoms with van der Waals surface area (Å²) in [5, 5.41) is 4.89. The van der Waals surface area contributed by atoms with E-state index in [-0.39, 0.29) is 11.1 Å². The van der Waals surface area contributed by atoms with Gasteiger partial charge in [-0.2, -0.15) is 9.82 Å². The van der Waals surface area contributed by atoms with Gasteiger partial charge in [-0.1, -0.05) is 41.4 Å². The van der Waals surface area contributed by atoms with Crippen LogP contribution < -0.4 is 14.9 Å². The fourth-order valence-electron chi connectivity index (χ4n) is 3.62. The minimum Gasteiger partial charge on any atom is -0.497 e. The van der Waals surface area contributed by atoms with Gasteiger partial charge >= 0.3 is 0 Å². The number of nitrogens with zero attached hydrogens (tertiary/aromatic N) is 1. The van der Waals surface area contributed by atoms with Crippen LogP contribution in [0.3, 0.4) is 0 Å². The molecule has 34 heavy (non-hydrogen) atoms. The fourth-order valence-corrected chi connectivity index (χ4v) is 5.43. The van der Waals surface area contributed by atoms with Crippen LogP contribution in [-0.4, -0.2) is 21.2 Å². The molecule has 2 atom stereocenters. The molecule has 2 N–H and O–H groups in total. The lowest BCUT2D eigenvalue weighted by atomic mass is 9.96. The van der Waals surface area contributed by atoms with Crippen LogP contribution in [0.1, 0.15) is 29.6 Å². The third-order valence-corrected chi connectivity index (χ3v) is 7.36. The highest BCUT2D eigenvalue weighted by Crippen LogP contribution is 2.34. The van der Waals surface area contributed by atoms with Crippen molar-refractivity contribution < 1.29 is 21.9 Å². The number of methoxy groups -OCH3 is 1. The summed E-state index contributed by atoms with van der Waals surface area (Å²) >= 11 is 12.4. The molecule has 2 unspecified atom stereocenters. The number of hydrogen-bond acceptors (Lipinski definition) is 5. The molecule has 1 aliphatic heterocycles. The number of hydrazone groups is 1. The average molecular weight is 526 g/mol. The van der Waals surface area contributed by atoms with Gasteiger partial charge < -0.3 is 10.2 Å². The fraction of sp³-hybridized carbons (Fsp3) is 0.174. The van der Waals surface area contributed by atoms with E-state index in [1.54, 1.807) is 31.4 Å². The Bertz CT molecular complexity index is 1350. The highest BCUT2D eigenvalue weighted by atomic mass is 35.5. The van der Waals surface area contributed by atoms with E-state index in [1.807, 2.05) is 12.1 Å². The first-order chi connectivity index (χ1) is 16.2. The molecule has 178 valence electrons. The number of sulfonamides is 1. The van der Waals surface area contributed by atoms with Gasteiger partial charge in [-0.15, -0.1) is 0 Å². The van der Waals surface area contributed by atoms with Gasteiger partial charge in [-0.05, 0) is 53.6 Å². The number of benzene rings is 3. The lowest BCUT2D eigenvalue weighted by Gasteiger charge is -2.21. The summed E-state index contributed by atoms with van der Waals surface area (Å²) in [6.07, 6.45) is 0.324. The highest BCUT2D eigenvalue weighted by molar-refractivity contribution is 7.89. The van der Waals surface area contributed by atoms with Crippen LogP contribution in [0.4, 0.5) is 8.78 Å². The molecule has 1 aliphatic rings. The predicted octanol–water partition coefficient (Wildman–Crippen LogP) is 5.39. The van der Waals surface area contributed by atoms with Crippen molar-refractivity contribution >= 4 is 38.9 Å². The van der Waals surface area contributed by atoms with E-state index in [2.05, 4.69) is 15.2 Å². The summed E-state index contributed by atoms with van der Waals surface area (Å²) in [5.74, 6) is -1.28. The second-order valence-corrected chi connectivity index (χ2v) is 10.1. The number of nitrogens with one attached hydrogen (secondary N) is 2. The topological polar surface area (TPSA) is 79.8 Å². The van der Waals surface area contributed by atoms with Crippen molar-refractivity contribution in [2.75, 3.05) is 7.11 Å². The Hall–Kier alpha value is -2.72. The number of rotatable bonds is 7. The van der Waals surface area contributed by atoms with Crippen LogP contribution in [0.2, 0.25) is 10.0 Å². The number of ether oxygens (including phenoxy) is 1. The monoisotopic (exact) mass is 525 g/mol. The molecule has 6 nitrogen and oxygen atoms in total. The van der Waals surface area contributed by atoms with Crippen LogP contribution >= 0.6 is 23.2 Å². The van der Waals surface area contributed by atoms with Crippen LogP contribution in [0.15, 0.2) is 70.7 Å². The Kier molecular flexibility index (Phi) is 7.09. The molecule has 0 spiro atoms. The quantitative estimate of drug-likeness (QED) is 0.433. The Morgan fingerprint density at radius 3 is 2.50 bits per heavy atom. The third kappa shape index (κ3) is 5.17. The molecule has 3 aromatic carbocycles. The number of hydrogen-bond donors (Lipinski definition) is 2. The molecule has 0 radical (unpaired) electrons. The molecule has 0 bridgehead atoms. The first-order valence-electron chi connectivity index (χ1n) is 10.1. The molecular weight excluding hydrogens is 507 g/mol. The van der Waals surface area contributed by atoms with Gasteiger partial charge in [0.15, 0.2) is 0 Å². The largest absolute Gasteiger partial charge is 0.497 e. The summed E-state index contributed by atoms with van der Waals surface area (Å²) in [7, 11) is -2.93. The molecule has 0 aliphatic carbocycles. The van der Waals surface area contributed by atoms with Crippen molar-refractivity contribution in [3.05, 3.63) is 93.5 Å². The molecule has 0 fully saturated rings. The van der Waals surface area contributed by atoms with Crippen LogP contribution in [0.25, 0.3) is 0 Å². The van der Waals surface area contributed by atoms with Crippen LogP contribution in [0.5, 0.6) is 5.75 Å². The van der Waals surface area contributed by atoms with Crippen molar-refractivity contribution in [1.29, 1.82) is 0 Å². The summed E-state index contributed by atoms with van der Waals surface area (Å²) < 4.78 is 61.7. The SMILES string of the molecule is COc1ccc(C2CC(C(NS(=O)(=O)c3cc(F)ccc3F)c3ccc(Cl)cc3Cl)=NN2)cc1. The predicted molar refractivity (Wildman–Crippen MR) is 127 cm³/mol. The molecule has 0 saturated heterocycles. The lowest BCUT2D eigenvalue weighted by molar-refractivity contribution is 0.414. The van der Waals surface area contributed by atoms with Crippen molar-refractivity contribution in [2.45, 2.75) is 23.4 Å². The molecule has 0 saturated carbocycles. The van der Waals surface area contributed by atoms with Gasteiger partial charge in [-0.3, -0.25) is 0 Å². The summed E-state index contributed by atoms with van der Waals surface area (Å²) in [4.78, 5) is -0.819. The zero-order valence-electron chi connectivity index (χ0n) is 17.7. The Balaban J connectivity index is 1.68. The molecule has 3 aromatic rings. The zero-order chi connectivity index (χ0) is 24.5. The van der Waals surface area contributed by atoms with E-state index in [1.165, 1.54) is 6.07 Å². The standard InChI is InChI=1S/C23H19Cl2F2N3O3S/c1-33-16-6-2-13(3-7-16)20-12-21(29-28-20)23(17-8-4-14(24)10-18(17)25)30-34(31,32)22-11-15(26)5-9-19(22)27/h2-11,20,23,28,30H,12H2,1H3. The van der Waals surface area contributed by atoms with Crippen molar-refractivity contribution in [2.24, 2.45) is 5.10 Å². The van der Waals surface area contributed by atoms with Gasteiger partial charge in [-0.25, -0.2) is 17.2 Å². The van der Waals surface area contributed by atoms with Gasteiger partial charge in [0.2, 0.25) is 10.0 Å². The van der Waals surface area contributed by atoms with Crippen molar-refractivity contribution in [3.8, 4) is 5.75 Å². The summed E-state index contributed by atoms with van der Waals surface area (Å²) in [5.41, 5.74) is 4.67. The lowest BCUT2D eigenvalue weighted by Crippen LogP contribution is -2.34.